The summed E-state index contributed by atoms with van der Waals surface area (Å²) < 4.78 is 5.16. The number of carboxylic acid groups (broad SMARTS) is 1. The second-order valence-corrected chi connectivity index (χ2v) is 7.41. The van der Waals surface area contributed by atoms with Gasteiger partial charge >= 0.3 is 5.97 Å². The van der Waals surface area contributed by atoms with Crippen LogP contribution in [0, 0.1) is 0 Å². The Labute approximate surface area is 156 Å². The van der Waals surface area contributed by atoms with Crippen molar-refractivity contribution in [2.24, 2.45) is 0 Å². The quantitative estimate of drug-likeness (QED) is 0.764. The van der Waals surface area contributed by atoms with Gasteiger partial charge in [-0.1, -0.05) is 55.7 Å². The molecule has 26 heavy (non-hydrogen) atoms. The highest BCUT2D eigenvalue weighted by Gasteiger charge is 2.23. The first-order chi connectivity index (χ1) is 12.2. The van der Waals surface area contributed by atoms with Crippen LogP contribution < -0.4 is 5.32 Å². The molecular formula is C18H22ClN3O4. The van der Waals surface area contributed by atoms with Gasteiger partial charge in [0.25, 0.3) is 0 Å². The molecule has 0 spiro atoms. The van der Waals surface area contributed by atoms with E-state index in [2.05, 4.69) is 15.5 Å². The van der Waals surface area contributed by atoms with Crippen LogP contribution in [0.3, 0.4) is 0 Å². The molecule has 2 aromatic rings. The van der Waals surface area contributed by atoms with Gasteiger partial charge in [0.05, 0.1) is 12.5 Å². The standard InChI is InChI=1S/C18H22ClN3O4/c1-18(2,3)17-21-15(26-22-17)9-8-14(23)20-13(10-16(24)25)11-6-4-5-7-12(11)19/h4-7,13H,8-10H2,1-3H3,(H,20,23)(H,24,25)/t13-/m1/s1. The van der Waals surface area contributed by atoms with Crippen LogP contribution in [0.25, 0.3) is 0 Å². The van der Waals surface area contributed by atoms with Gasteiger partial charge in [-0.05, 0) is 11.6 Å². The Morgan fingerprint density at radius 3 is 2.58 bits per heavy atom. The third-order valence-corrected chi connectivity index (χ3v) is 4.04. The minimum absolute atomic E-state index is 0.104. The number of hydrogen-bond acceptors (Lipinski definition) is 5. The summed E-state index contributed by atoms with van der Waals surface area (Å²) in [6.45, 7) is 5.90. The van der Waals surface area contributed by atoms with E-state index in [4.69, 9.17) is 21.2 Å². The van der Waals surface area contributed by atoms with Gasteiger partial charge in [0.15, 0.2) is 5.82 Å². The summed E-state index contributed by atoms with van der Waals surface area (Å²) >= 11 is 6.13. The van der Waals surface area contributed by atoms with Gasteiger partial charge < -0.3 is 14.9 Å². The molecule has 0 fully saturated rings. The number of rotatable bonds is 7. The molecule has 0 aliphatic heterocycles. The van der Waals surface area contributed by atoms with Crippen molar-refractivity contribution in [2.75, 3.05) is 0 Å². The molecule has 140 valence electrons. The fourth-order valence-corrected chi connectivity index (χ4v) is 2.59. The molecule has 1 heterocycles. The van der Waals surface area contributed by atoms with Gasteiger partial charge in [-0.3, -0.25) is 9.59 Å². The number of nitrogens with one attached hydrogen (secondary N) is 1. The van der Waals surface area contributed by atoms with E-state index >= 15 is 0 Å². The second-order valence-electron chi connectivity index (χ2n) is 7.00. The van der Waals surface area contributed by atoms with Crippen molar-refractivity contribution in [2.45, 2.75) is 51.5 Å². The fraction of sp³-hybridized carbons (Fsp3) is 0.444. The fourth-order valence-electron chi connectivity index (χ4n) is 2.32. The molecule has 0 aliphatic rings. The minimum Gasteiger partial charge on any atom is -0.481 e. The first-order valence-electron chi connectivity index (χ1n) is 8.25. The minimum atomic E-state index is -1.03. The number of carbonyl (C=O) groups is 2. The van der Waals surface area contributed by atoms with E-state index in [1.54, 1.807) is 24.3 Å². The van der Waals surface area contributed by atoms with E-state index in [9.17, 15) is 9.59 Å². The third kappa shape index (κ3) is 5.56. The van der Waals surface area contributed by atoms with Crippen LogP contribution >= 0.6 is 11.6 Å². The number of nitrogens with zero attached hydrogens (tertiary/aromatic N) is 2. The zero-order chi connectivity index (χ0) is 19.3. The molecule has 0 saturated heterocycles. The van der Waals surface area contributed by atoms with Gasteiger partial charge in [0.2, 0.25) is 11.8 Å². The maximum Gasteiger partial charge on any atom is 0.305 e. The zero-order valence-electron chi connectivity index (χ0n) is 15.0. The highest BCUT2D eigenvalue weighted by Crippen LogP contribution is 2.25. The maximum atomic E-state index is 12.3. The Morgan fingerprint density at radius 2 is 2.00 bits per heavy atom. The topological polar surface area (TPSA) is 105 Å². The number of halogens is 1. The van der Waals surface area contributed by atoms with Gasteiger partial charge in [0, 0.05) is 23.3 Å². The molecule has 0 unspecified atom stereocenters. The lowest BCUT2D eigenvalue weighted by Gasteiger charge is -2.18. The van der Waals surface area contributed by atoms with Crippen LogP contribution in [-0.4, -0.2) is 27.1 Å². The lowest BCUT2D eigenvalue weighted by Crippen LogP contribution is -2.30. The van der Waals surface area contributed by atoms with Gasteiger partial charge in [0.1, 0.15) is 0 Å². The Balaban J connectivity index is 2.00. The van der Waals surface area contributed by atoms with Crippen molar-refractivity contribution < 1.29 is 19.2 Å². The molecule has 0 bridgehead atoms. The molecule has 0 radical (unpaired) electrons. The molecule has 7 nitrogen and oxygen atoms in total. The first kappa shape index (κ1) is 19.9. The molecule has 1 amide bonds. The zero-order valence-corrected chi connectivity index (χ0v) is 15.7. The summed E-state index contributed by atoms with van der Waals surface area (Å²) in [6, 6.07) is 6.14. The van der Waals surface area contributed by atoms with Crippen LogP contribution in [0.4, 0.5) is 0 Å². The van der Waals surface area contributed by atoms with E-state index in [1.165, 1.54) is 0 Å². The molecule has 1 atom stereocenters. The van der Waals surface area contributed by atoms with Crippen molar-refractivity contribution in [1.29, 1.82) is 0 Å². The summed E-state index contributed by atoms with van der Waals surface area (Å²) in [6.07, 6.45) is 0.119. The molecule has 2 N–H and O–H groups in total. The molecular weight excluding hydrogens is 358 g/mol. The Hall–Kier alpha value is -2.41. The Bertz CT molecular complexity index is 783. The van der Waals surface area contributed by atoms with Gasteiger partial charge in [-0.15, -0.1) is 0 Å². The summed E-state index contributed by atoms with van der Waals surface area (Å²) in [5.74, 6) is -0.390. The molecule has 2 rings (SSSR count). The average Bonchev–Trinajstić information content (AvgIpc) is 3.01. The number of aromatic nitrogens is 2. The Kier molecular flexibility index (Phi) is 6.37. The van der Waals surface area contributed by atoms with E-state index in [1.807, 2.05) is 20.8 Å². The maximum absolute atomic E-state index is 12.3. The molecule has 1 aromatic carbocycles. The van der Waals surface area contributed by atoms with Crippen molar-refractivity contribution in [3.63, 3.8) is 0 Å². The largest absolute Gasteiger partial charge is 0.481 e. The van der Waals surface area contributed by atoms with E-state index < -0.39 is 12.0 Å². The number of aliphatic carboxylic acids is 1. The van der Waals surface area contributed by atoms with Gasteiger partial charge in [-0.25, -0.2) is 0 Å². The van der Waals surface area contributed by atoms with Crippen LogP contribution in [0.1, 0.15) is 56.9 Å². The summed E-state index contributed by atoms with van der Waals surface area (Å²) in [5.41, 5.74) is 0.332. The lowest BCUT2D eigenvalue weighted by atomic mass is 9.96. The predicted octanol–water partition coefficient (Wildman–Crippen LogP) is 3.29. The van der Waals surface area contributed by atoms with E-state index in [0.717, 1.165) is 0 Å². The number of amides is 1. The van der Waals surface area contributed by atoms with Crippen LogP contribution in [0.5, 0.6) is 0 Å². The molecule has 1 aromatic heterocycles. The monoisotopic (exact) mass is 379 g/mol. The Morgan fingerprint density at radius 1 is 1.31 bits per heavy atom. The molecule has 8 heteroatoms. The van der Waals surface area contributed by atoms with Crippen molar-refractivity contribution in [1.82, 2.24) is 15.5 Å². The first-order valence-corrected chi connectivity index (χ1v) is 8.63. The summed E-state index contributed by atoms with van der Waals surface area (Å²) in [7, 11) is 0. The second kappa shape index (κ2) is 8.31. The highest BCUT2D eigenvalue weighted by molar-refractivity contribution is 6.31. The highest BCUT2D eigenvalue weighted by atomic mass is 35.5. The molecule has 0 saturated carbocycles. The van der Waals surface area contributed by atoms with E-state index in [0.29, 0.717) is 22.3 Å². The van der Waals surface area contributed by atoms with Crippen LogP contribution in [-0.2, 0) is 21.4 Å². The smallest absolute Gasteiger partial charge is 0.305 e. The SMILES string of the molecule is CC(C)(C)c1noc(CCC(=O)N[C@H](CC(=O)O)c2ccccc2Cl)n1. The number of carbonyl (C=O) groups excluding carboxylic acids is 1. The number of hydrogen-bond donors (Lipinski definition) is 2. The van der Waals surface area contributed by atoms with Crippen molar-refractivity contribution >= 4 is 23.5 Å². The number of carboxylic acids is 1. The van der Waals surface area contributed by atoms with Crippen molar-refractivity contribution in [3.8, 4) is 0 Å². The molecule has 0 aliphatic carbocycles. The number of benzene rings is 1. The predicted molar refractivity (Wildman–Crippen MR) is 95.9 cm³/mol. The van der Waals surface area contributed by atoms with Gasteiger partial charge in [-0.2, -0.15) is 4.98 Å². The van der Waals surface area contributed by atoms with Crippen LogP contribution in [0.15, 0.2) is 28.8 Å². The summed E-state index contributed by atoms with van der Waals surface area (Å²) in [5, 5.41) is 16.1. The third-order valence-electron chi connectivity index (χ3n) is 3.70. The summed E-state index contributed by atoms with van der Waals surface area (Å²) in [4.78, 5) is 27.7. The number of aryl methyl sites for hydroxylation is 1. The van der Waals surface area contributed by atoms with Crippen LogP contribution in [0.2, 0.25) is 5.02 Å². The normalized spacial score (nSPS) is 12.6. The van der Waals surface area contributed by atoms with E-state index in [-0.39, 0.29) is 30.6 Å². The average molecular weight is 380 g/mol. The lowest BCUT2D eigenvalue weighted by molar-refractivity contribution is -0.137. The van der Waals surface area contributed by atoms with Crippen molar-refractivity contribution in [3.05, 3.63) is 46.6 Å².